The lowest BCUT2D eigenvalue weighted by molar-refractivity contribution is -0.0338. The monoisotopic (exact) mass is 252 g/mol. The van der Waals surface area contributed by atoms with Crippen molar-refractivity contribution in [1.29, 1.82) is 0 Å². The van der Waals surface area contributed by atoms with Crippen LogP contribution in [0.4, 0.5) is 0 Å². The normalized spacial score (nSPS) is 21.3. The Labute approximate surface area is 109 Å². The first-order chi connectivity index (χ1) is 8.83. The summed E-state index contributed by atoms with van der Waals surface area (Å²) >= 11 is 0. The summed E-state index contributed by atoms with van der Waals surface area (Å²) in [6, 6.07) is 0. The number of ether oxygens (including phenoxy) is 1. The molecule has 1 aliphatic heterocycles. The second-order valence-corrected chi connectivity index (χ2v) is 4.73. The fraction of sp³-hybridized carbons (Fsp3) is 0.769. The Balaban J connectivity index is 1.91. The van der Waals surface area contributed by atoms with Gasteiger partial charge >= 0.3 is 0 Å². The van der Waals surface area contributed by atoms with E-state index in [1.165, 1.54) is 6.42 Å². The zero-order chi connectivity index (χ0) is 12.8. The number of nitrogens with one attached hydrogen (secondary N) is 2. The minimum Gasteiger partial charge on any atom is -0.368 e. The van der Waals surface area contributed by atoms with Gasteiger partial charge < -0.3 is 15.0 Å². The molecule has 1 atom stereocenters. The van der Waals surface area contributed by atoms with Gasteiger partial charge in [0.25, 0.3) is 0 Å². The number of H-pyrrole nitrogens is 1. The molecule has 5 nitrogen and oxygen atoms in total. The van der Waals surface area contributed by atoms with Crippen LogP contribution in [0.25, 0.3) is 0 Å². The van der Waals surface area contributed by atoms with Gasteiger partial charge in [0.2, 0.25) is 0 Å². The van der Waals surface area contributed by atoms with Gasteiger partial charge in [-0.05, 0) is 19.5 Å². The van der Waals surface area contributed by atoms with E-state index in [9.17, 15) is 0 Å². The molecule has 1 unspecified atom stereocenters. The Bertz CT molecular complexity index is 351. The Kier molecular flexibility index (Phi) is 5.16. The molecule has 0 amide bonds. The first-order valence-electron chi connectivity index (χ1n) is 6.92. The molecule has 2 rings (SSSR count). The molecule has 18 heavy (non-hydrogen) atoms. The molecule has 1 saturated heterocycles. The predicted octanol–water partition coefficient (Wildman–Crippen LogP) is 1.30. The molecule has 1 aliphatic rings. The third-order valence-corrected chi connectivity index (χ3v) is 3.21. The van der Waals surface area contributed by atoms with E-state index in [2.05, 4.69) is 34.0 Å². The number of hydrogen-bond acceptors (Lipinski definition) is 4. The fourth-order valence-electron chi connectivity index (χ4n) is 2.28. The van der Waals surface area contributed by atoms with Crippen molar-refractivity contribution in [3.05, 3.63) is 17.7 Å². The van der Waals surface area contributed by atoms with Crippen LogP contribution < -0.4 is 5.32 Å². The second kappa shape index (κ2) is 6.87. The van der Waals surface area contributed by atoms with Crippen LogP contribution in [0.1, 0.15) is 37.9 Å². The maximum Gasteiger partial charge on any atom is 0.136 e. The molecular formula is C13H24N4O. The fourth-order valence-corrected chi connectivity index (χ4v) is 2.28. The van der Waals surface area contributed by atoms with Crippen molar-refractivity contribution in [3.63, 3.8) is 0 Å². The van der Waals surface area contributed by atoms with Crippen LogP contribution in [-0.2, 0) is 11.3 Å². The number of morpholine rings is 1. The minimum atomic E-state index is 0.0978. The largest absolute Gasteiger partial charge is 0.368 e. The lowest BCUT2D eigenvalue weighted by Gasteiger charge is -2.31. The lowest BCUT2D eigenvalue weighted by atomic mass is 10.2. The smallest absolute Gasteiger partial charge is 0.136 e. The molecule has 1 fully saturated rings. The number of aromatic amines is 1. The van der Waals surface area contributed by atoms with Crippen LogP contribution in [0, 0.1) is 0 Å². The van der Waals surface area contributed by atoms with E-state index in [0.29, 0.717) is 0 Å². The maximum atomic E-state index is 5.80. The van der Waals surface area contributed by atoms with E-state index in [-0.39, 0.29) is 6.10 Å². The van der Waals surface area contributed by atoms with E-state index in [1.54, 1.807) is 0 Å². The van der Waals surface area contributed by atoms with Crippen LogP contribution in [0.2, 0.25) is 0 Å². The zero-order valence-corrected chi connectivity index (χ0v) is 11.4. The van der Waals surface area contributed by atoms with Crippen molar-refractivity contribution < 1.29 is 4.74 Å². The van der Waals surface area contributed by atoms with Gasteiger partial charge in [0.1, 0.15) is 11.9 Å². The first-order valence-corrected chi connectivity index (χ1v) is 6.92. The van der Waals surface area contributed by atoms with Crippen molar-refractivity contribution in [2.45, 2.75) is 32.9 Å². The van der Waals surface area contributed by atoms with Crippen molar-refractivity contribution in [2.75, 3.05) is 32.8 Å². The van der Waals surface area contributed by atoms with E-state index < -0.39 is 0 Å². The third-order valence-electron chi connectivity index (χ3n) is 3.21. The summed E-state index contributed by atoms with van der Waals surface area (Å²) in [6.45, 7) is 10.1. The molecule has 0 aromatic carbocycles. The summed E-state index contributed by atoms with van der Waals surface area (Å²) in [5, 5.41) is 3.29. The molecule has 0 spiro atoms. The number of hydrogen-bond donors (Lipinski definition) is 2. The average molecular weight is 252 g/mol. The molecule has 0 saturated carbocycles. The van der Waals surface area contributed by atoms with Crippen molar-refractivity contribution >= 4 is 0 Å². The molecule has 1 aromatic rings. The molecule has 5 heteroatoms. The summed E-state index contributed by atoms with van der Waals surface area (Å²) in [5.74, 6) is 0.962. The van der Waals surface area contributed by atoms with Crippen LogP contribution in [0.15, 0.2) is 6.20 Å². The van der Waals surface area contributed by atoms with Crippen molar-refractivity contribution in [2.24, 2.45) is 0 Å². The number of nitrogens with zero attached hydrogens (tertiary/aromatic N) is 2. The van der Waals surface area contributed by atoms with Crippen molar-refractivity contribution in [3.8, 4) is 0 Å². The second-order valence-electron chi connectivity index (χ2n) is 4.73. The third kappa shape index (κ3) is 3.54. The van der Waals surface area contributed by atoms with Crippen LogP contribution in [0.5, 0.6) is 0 Å². The number of rotatable bonds is 6. The zero-order valence-electron chi connectivity index (χ0n) is 11.4. The SMILES string of the molecule is CCCN1CCOC(c2ncc(CNCC)[nH]2)C1. The first kappa shape index (κ1) is 13.5. The van der Waals surface area contributed by atoms with Gasteiger partial charge in [-0.1, -0.05) is 13.8 Å². The lowest BCUT2D eigenvalue weighted by Crippen LogP contribution is -2.39. The molecule has 2 N–H and O–H groups in total. The van der Waals surface area contributed by atoms with Gasteiger partial charge in [0.15, 0.2) is 0 Å². The molecule has 2 heterocycles. The van der Waals surface area contributed by atoms with Crippen molar-refractivity contribution in [1.82, 2.24) is 20.2 Å². The maximum absolute atomic E-state index is 5.80. The van der Waals surface area contributed by atoms with Gasteiger partial charge in [-0.15, -0.1) is 0 Å². The molecular weight excluding hydrogens is 228 g/mol. The summed E-state index contributed by atoms with van der Waals surface area (Å²) in [7, 11) is 0. The van der Waals surface area contributed by atoms with Crippen LogP contribution in [0.3, 0.4) is 0 Å². The Morgan fingerprint density at radius 3 is 3.22 bits per heavy atom. The van der Waals surface area contributed by atoms with E-state index in [0.717, 1.165) is 50.8 Å². The highest BCUT2D eigenvalue weighted by atomic mass is 16.5. The number of aromatic nitrogens is 2. The van der Waals surface area contributed by atoms with Gasteiger partial charge in [-0.25, -0.2) is 4.98 Å². The molecule has 0 radical (unpaired) electrons. The highest BCUT2D eigenvalue weighted by Crippen LogP contribution is 2.19. The number of imidazole rings is 1. The van der Waals surface area contributed by atoms with Gasteiger partial charge in [-0.2, -0.15) is 0 Å². The Morgan fingerprint density at radius 2 is 2.44 bits per heavy atom. The summed E-state index contributed by atoms with van der Waals surface area (Å²) in [6.07, 6.45) is 3.19. The van der Waals surface area contributed by atoms with Crippen LogP contribution in [-0.4, -0.2) is 47.7 Å². The van der Waals surface area contributed by atoms with Gasteiger partial charge in [0.05, 0.1) is 6.61 Å². The summed E-state index contributed by atoms with van der Waals surface area (Å²) in [5.41, 5.74) is 1.13. The van der Waals surface area contributed by atoms with Gasteiger partial charge in [-0.3, -0.25) is 4.90 Å². The van der Waals surface area contributed by atoms with E-state index in [4.69, 9.17) is 4.74 Å². The standard InChI is InChI=1S/C13H24N4O/c1-3-5-17-6-7-18-12(10-17)13-15-9-11(16-13)8-14-4-2/h9,12,14H,3-8,10H2,1-2H3,(H,15,16). The highest BCUT2D eigenvalue weighted by Gasteiger charge is 2.23. The van der Waals surface area contributed by atoms with E-state index >= 15 is 0 Å². The minimum absolute atomic E-state index is 0.0978. The molecule has 0 aliphatic carbocycles. The van der Waals surface area contributed by atoms with E-state index in [1.807, 2.05) is 6.20 Å². The molecule has 102 valence electrons. The topological polar surface area (TPSA) is 53.2 Å². The van der Waals surface area contributed by atoms with Gasteiger partial charge in [0, 0.05) is 31.5 Å². The Hall–Kier alpha value is -0.910. The molecule has 0 bridgehead atoms. The summed E-state index contributed by atoms with van der Waals surface area (Å²) in [4.78, 5) is 10.2. The van der Waals surface area contributed by atoms with Crippen LogP contribution >= 0.6 is 0 Å². The Morgan fingerprint density at radius 1 is 1.56 bits per heavy atom. The summed E-state index contributed by atoms with van der Waals surface area (Å²) < 4.78 is 5.80. The predicted molar refractivity (Wildman–Crippen MR) is 71.4 cm³/mol. The highest BCUT2D eigenvalue weighted by molar-refractivity contribution is 5.04. The average Bonchev–Trinajstić information content (AvgIpc) is 2.86. The quantitative estimate of drug-likeness (QED) is 0.801. The molecule has 1 aromatic heterocycles.